The van der Waals surface area contributed by atoms with Gasteiger partial charge in [0.15, 0.2) is 5.82 Å². The van der Waals surface area contributed by atoms with Crippen LogP contribution in [0.5, 0.6) is 11.5 Å². The molecule has 0 saturated heterocycles. The summed E-state index contributed by atoms with van der Waals surface area (Å²) in [5.74, 6) is 2.41. The first-order valence-corrected chi connectivity index (χ1v) is 19.0. The van der Waals surface area contributed by atoms with E-state index >= 15 is 0 Å². The fourth-order valence-corrected chi connectivity index (χ4v) is 8.19. The third kappa shape index (κ3) is 5.87. The minimum absolute atomic E-state index is 0.599. The third-order valence-electron chi connectivity index (χ3n) is 10.8. The van der Waals surface area contributed by atoms with Crippen molar-refractivity contribution in [2.24, 2.45) is 0 Å². The Morgan fingerprint density at radius 2 is 0.732 bits per heavy atom. The number of rotatable bonds is 7. The number of fused-ring (bicyclic) bond motifs is 2. The topological polar surface area (TPSA) is 35.0 Å². The number of para-hydroxylation sites is 2. The summed E-state index contributed by atoms with van der Waals surface area (Å²) in [4.78, 5) is 10.4. The molecule has 3 heteroatoms. The minimum atomic E-state index is -0.599. The second-order valence-electron chi connectivity index (χ2n) is 14.1. The summed E-state index contributed by atoms with van der Waals surface area (Å²) in [5.41, 5.74) is 13.3. The number of benzene rings is 8. The molecule has 3 nitrogen and oxygen atoms in total. The average molecular weight is 717 g/mol. The standard InChI is InChI=1S/C53H36N2O/c1-4-16-37(17-5-1)38-30-32-40(33-31-38)49-36-48(39-18-6-2-7-19-39)54-52(55-49)43-22-14-20-41(34-43)42-21-15-25-45(35-42)53(44-23-8-3-9-24-44)46-26-10-12-28-50(46)56-51-29-13-11-27-47(51)53/h1-36H. The summed E-state index contributed by atoms with van der Waals surface area (Å²) in [6, 6.07) is 76.8. The lowest BCUT2D eigenvalue weighted by atomic mass is 9.63. The monoisotopic (exact) mass is 716 g/mol. The van der Waals surface area contributed by atoms with E-state index in [1.807, 2.05) is 24.3 Å². The van der Waals surface area contributed by atoms with E-state index in [9.17, 15) is 0 Å². The van der Waals surface area contributed by atoms with Crippen LogP contribution >= 0.6 is 0 Å². The molecule has 0 radical (unpaired) electrons. The zero-order chi connectivity index (χ0) is 37.3. The van der Waals surface area contributed by atoms with Crippen LogP contribution in [-0.4, -0.2) is 9.97 Å². The van der Waals surface area contributed by atoms with Crippen LogP contribution in [-0.2, 0) is 5.41 Å². The number of nitrogens with zero attached hydrogens (tertiary/aromatic N) is 2. The van der Waals surface area contributed by atoms with Crippen molar-refractivity contribution in [1.29, 1.82) is 0 Å². The molecule has 1 aliphatic rings. The molecule has 8 aromatic carbocycles. The Hall–Kier alpha value is -7.36. The van der Waals surface area contributed by atoms with Crippen LogP contribution in [0, 0.1) is 0 Å². The average Bonchev–Trinajstić information content (AvgIpc) is 3.29. The Kier molecular flexibility index (Phi) is 8.38. The SMILES string of the molecule is c1ccc(-c2ccc(-c3cc(-c4ccccc4)nc(-c4cccc(-c5cccc(C6(c7ccccc7)c7ccccc7Oc7ccccc76)c5)c4)n3)cc2)cc1. The van der Waals surface area contributed by atoms with Crippen LogP contribution in [0.4, 0.5) is 0 Å². The van der Waals surface area contributed by atoms with Gasteiger partial charge in [-0.05, 0) is 63.7 Å². The number of ether oxygens (including phenoxy) is 1. The second kappa shape index (κ2) is 14.1. The van der Waals surface area contributed by atoms with Crippen molar-refractivity contribution < 1.29 is 4.74 Å². The van der Waals surface area contributed by atoms with Crippen LogP contribution in [0.1, 0.15) is 22.3 Å². The number of hydrogen-bond acceptors (Lipinski definition) is 3. The Morgan fingerprint density at radius 1 is 0.304 bits per heavy atom. The Bertz CT molecular complexity index is 2770. The van der Waals surface area contributed by atoms with Gasteiger partial charge in [-0.15, -0.1) is 0 Å². The highest BCUT2D eigenvalue weighted by Crippen LogP contribution is 2.55. The third-order valence-corrected chi connectivity index (χ3v) is 10.8. The molecule has 0 amide bonds. The molecule has 0 aliphatic carbocycles. The van der Waals surface area contributed by atoms with Gasteiger partial charge in [-0.1, -0.05) is 188 Å². The van der Waals surface area contributed by atoms with Crippen LogP contribution in [0.2, 0.25) is 0 Å². The quantitative estimate of drug-likeness (QED) is 0.165. The highest BCUT2D eigenvalue weighted by molar-refractivity contribution is 5.78. The Balaban J connectivity index is 1.10. The first kappa shape index (κ1) is 33.2. The molecule has 10 rings (SSSR count). The van der Waals surface area contributed by atoms with Crippen LogP contribution in [0.3, 0.4) is 0 Å². The van der Waals surface area contributed by atoms with E-state index in [0.29, 0.717) is 5.82 Å². The fourth-order valence-electron chi connectivity index (χ4n) is 8.19. The lowest BCUT2D eigenvalue weighted by Gasteiger charge is -2.41. The summed E-state index contributed by atoms with van der Waals surface area (Å²) in [6.45, 7) is 0. The van der Waals surface area contributed by atoms with Gasteiger partial charge in [0.25, 0.3) is 0 Å². The maximum absolute atomic E-state index is 6.55. The van der Waals surface area contributed by atoms with Gasteiger partial charge >= 0.3 is 0 Å². The molecule has 56 heavy (non-hydrogen) atoms. The molecule has 0 saturated carbocycles. The summed E-state index contributed by atoms with van der Waals surface area (Å²) in [6.07, 6.45) is 0. The molecule has 0 fully saturated rings. The molecule has 1 aliphatic heterocycles. The van der Waals surface area contributed by atoms with Gasteiger partial charge in [-0.3, -0.25) is 0 Å². The van der Waals surface area contributed by atoms with Crippen molar-refractivity contribution in [1.82, 2.24) is 9.97 Å². The molecule has 0 bridgehead atoms. The van der Waals surface area contributed by atoms with Crippen molar-refractivity contribution in [2.75, 3.05) is 0 Å². The molecule has 0 N–H and O–H groups in total. The Morgan fingerprint density at radius 3 is 1.38 bits per heavy atom. The second-order valence-corrected chi connectivity index (χ2v) is 14.1. The van der Waals surface area contributed by atoms with Gasteiger partial charge in [0.2, 0.25) is 0 Å². The lowest BCUT2D eigenvalue weighted by molar-refractivity contribution is 0.434. The van der Waals surface area contributed by atoms with Crippen molar-refractivity contribution in [3.63, 3.8) is 0 Å². The van der Waals surface area contributed by atoms with Crippen LogP contribution in [0.15, 0.2) is 218 Å². The fraction of sp³-hybridized carbons (Fsp3) is 0.0189. The van der Waals surface area contributed by atoms with Crippen LogP contribution in [0.25, 0.3) is 56.2 Å². The molecular formula is C53H36N2O. The summed E-state index contributed by atoms with van der Waals surface area (Å²) < 4.78 is 6.55. The van der Waals surface area contributed by atoms with Crippen molar-refractivity contribution in [3.05, 3.63) is 241 Å². The number of aromatic nitrogens is 2. The maximum atomic E-state index is 6.55. The number of hydrogen-bond donors (Lipinski definition) is 0. The molecule has 0 unspecified atom stereocenters. The lowest BCUT2D eigenvalue weighted by Crippen LogP contribution is -2.34. The van der Waals surface area contributed by atoms with Gasteiger partial charge in [0.1, 0.15) is 11.5 Å². The normalized spacial score (nSPS) is 12.6. The highest BCUT2D eigenvalue weighted by atomic mass is 16.5. The van der Waals surface area contributed by atoms with Gasteiger partial charge in [-0.2, -0.15) is 0 Å². The van der Waals surface area contributed by atoms with Crippen LogP contribution < -0.4 is 4.74 Å². The largest absolute Gasteiger partial charge is 0.457 e. The zero-order valence-electron chi connectivity index (χ0n) is 30.6. The molecule has 9 aromatic rings. The van der Waals surface area contributed by atoms with E-state index in [1.54, 1.807) is 0 Å². The van der Waals surface area contributed by atoms with Gasteiger partial charge < -0.3 is 4.74 Å². The molecule has 1 aromatic heterocycles. The summed E-state index contributed by atoms with van der Waals surface area (Å²) in [5, 5.41) is 0. The van der Waals surface area contributed by atoms with E-state index in [4.69, 9.17) is 14.7 Å². The summed E-state index contributed by atoms with van der Waals surface area (Å²) in [7, 11) is 0. The maximum Gasteiger partial charge on any atom is 0.160 e. The summed E-state index contributed by atoms with van der Waals surface area (Å²) >= 11 is 0. The molecule has 0 atom stereocenters. The van der Waals surface area contributed by atoms with Crippen molar-refractivity contribution >= 4 is 0 Å². The van der Waals surface area contributed by atoms with E-state index in [-0.39, 0.29) is 0 Å². The zero-order valence-corrected chi connectivity index (χ0v) is 30.6. The Labute approximate surface area is 327 Å². The van der Waals surface area contributed by atoms with Gasteiger partial charge in [-0.25, -0.2) is 9.97 Å². The molecule has 264 valence electrons. The van der Waals surface area contributed by atoms with Gasteiger partial charge in [0, 0.05) is 27.8 Å². The van der Waals surface area contributed by atoms with Gasteiger partial charge in [0.05, 0.1) is 16.8 Å². The van der Waals surface area contributed by atoms with E-state index in [1.165, 1.54) is 22.3 Å². The first-order chi connectivity index (χ1) is 27.7. The highest BCUT2D eigenvalue weighted by Gasteiger charge is 2.45. The minimum Gasteiger partial charge on any atom is -0.457 e. The van der Waals surface area contributed by atoms with Crippen molar-refractivity contribution in [3.8, 4) is 67.7 Å². The molecular weight excluding hydrogens is 681 g/mol. The van der Waals surface area contributed by atoms with E-state index in [2.05, 4.69) is 194 Å². The smallest absolute Gasteiger partial charge is 0.160 e. The van der Waals surface area contributed by atoms with E-state index in [0.717, 1.165) is 61.8 Å². The molecule has 2 heterocycles. The predicted molar refractivity (Wildman–Crippen MR) is 228 cm³/mol. The predicted octanol–water partition coefficient (Wildman–Crippen LogP) is 13.3. The van der Waals surface area contributed by atoms with Crippen molar-refractivity contribution in [2.45, 2.75) is 5.41 Å². The van der Waals surface area contributed by atoms with E-state index < -0.39 is 5.41 Å². The first-order valence-electron chi connectivity index (χ1n) is 19.0. The molecule has 0 spiro atoms.